The van der Waals surface area contributed by atoms with Gasteiger partial charge in [0.05, 0.1) is 12.1 Å². The van der Waals surface area contributed by atoms with Gasteiger partial charge in [0.15, 0.2) is 0 Å². The average Bonchev–Trinajstić information content (AvgIpc) is 3.05. The highest BCUT2D eigenvalue weighted by Gasteiger charge is 2.36. The number of aliphatic hydroxyl groups is 1. The highest BCUT2D eigenvalue weighted by atomic mass is 16.4. The highest BCUT2D eigenvalue weighted by Crippen LogP contribution is 2.28. The van der Waals surface area contributed by atoms with Crippen LogP contribution in [0.2, 0.25) is 0 Å². The maximum atomic E-state index is 14.0. The van der Waals surface area contributed by atoms with Gasteiger partial charge in [0.25, 0.3) is 0 Å². The monoisotopic (exact) mass is 652 g/mol. The van der Waals surface area contributed by atoms with E-state index in [1.165, 1.54) is 11.3 Å². The summed E-state index contributed by atoms with van der Waals surface area (Å²) >= 11 is 0. The molecule has 0 saturated heterocycles. The van der Waals surface area contributed by atoms with Crippen LogP contribution in [-0.2, 0) is 22.4 Å². The quantitative estimate of drug-likeness (QED) is 0.122. The summed E-state index contributed by atoms with van der Waals surface area (Å²) < 4.78 is 0. The number of carboxylic acids is 1. The fourth-order valence-corrected chi connectivity index (χ4v) is 6.32. The predicted molar refractivity (Wildman–Crippen MR) is 183 cm³/mol. The molecule has 1 aliphatic rings. The summed E-state index contributed by atoms with van der Waals surface area (Å²) in [6.07, 6.45) is 10.5. The van der Waals surface area contributed by atoms with Crippen molar-refractivity contribution in [3.05, 3.63) is 66.0 Å². The number of aliphatic hydroxyl groups excluding tert-OH is 1. The second-order valence-corrected chi connectivity index (χ2v) is 13.7. The molecule has 3 amide bonds. The number of carbonyl (C=O) groups is 3. The van der Waals surface area contributed by atoms with Crippen molar-refractivity contribution in [1.29, 1.82) is 0 Å². The van der Waals surface area contributed by atoms with Crippen LogP contribution in [0, 0.1) is 5.92 Å². The van der Waals surface area contributed by atoms with Crippen LogP contribution in [0.4, 0.5) is 4.79 Å². The molecule has 1 aromatic heterocycles. The summed E-state index contributed by atoms with van der Waals surface area (Å²) in [6, 6.07) is 12.0. The minimum atomic E-state index is -1.13. The molecule has 3 rings (SSSR count). The van der Waals surface area contributed by atoms with E-state index in [4.69, 9.17) is 5.73 Å². The molecule has 47 heavy (non-hydrogen) atoms. The maximum Gasteiger partial charge on any atom is 0.332 e. The molecule has 2 aromatic rings. The smallest absolute Gasteiger partial charge is 0.332 e. The number of aliphatic carboxylic acids is 1. The fraction of sp³-hybridized carbons (Fsp3) is 0.611. The number of benzene rings is 1. The third-order valence-corrected chi connectivity index (χ3v) is 8.78. The molecule has 1 heterocycles. The molecule has 0 bridgehead atoms. The molecule has 1 aliphatic carbocycles. The normalized spacial score (nSPS) is 16.4. The van der Waals surface area contributed by atoms with Gasteiger partial charge in [-0.25, -0.2) is 15.0 Å². The number of hydrazine groups is 1. The predicted octanol–water partition coefficient (Wildman–Crippen LogP) is 4.34. The SMILES string of the molecule is CCC[C@H](NC(=O)[C@H](Cc1ccccc1)N(CC(C)(C)N)C(=O)NN[C@@H](CC1CCCCC1)[C@@H](O)CCCc1ccccn1)C(=O)O. The Morgan fingerprint density at radius 2 is 1.74 bits per heavy atom. The van der Waals surface area contributed by atoms with Crippen molar-refractivity contribution >= 4 is 17.9 Å². The lowest BCUT2D eigenvalue weighted by Crippen LogP contribution is -2.63. The standard InChI is InChI=1S/C36H56N6O5/c1-4-14-29(34(45)46)39-33(44)31(24-27-17-9-6-10-18-27)42(25-36(2,3)37)35(47)41-40-30(23-26-15-7-5-8-16-26)32(43)21-13-20-28-19-11-12-22-38-28/h6,9-12,17-19,22,26,29-32,40,43H,4-5,7-8,13-16,20-21,23-25,37H2,1-3H3,(H,39,44)(H,41,47)(H,45,46)/t29-,30-,31-,32-/m0/s1. The van der Waals surface area contributed by atoms with Gasteiger partial charge in [0.2, 0.25) is 5.91 Å². The number of hydrogen-bond acceptors (Lipinski definition) is 7. The number of carbonyl (C=O) groups excluding carboxylic acids is 2. The van der Waals surface area contributed by atoms with E-state index >= 15 is 0 Å². The molecule has 7 N–H and O–H groups in total. The molecule has 4 atom stereocenters. The number of hydrogen-bond donors (Lipinski definition) is 6. The van der Waals surface area contributed by atoms with E-state index in [9.17, 15) is 24.6 Å². The summed E-state index contributed by atoms with van der Waals surface area (Å²) in [5, 5.41) is 23.8. The number of amides is 3. The molecule has 0 spiro atoms. The number of rotatable bonds is 19. The molecule has 11 heteroatoms. The molecular weight excluding hydrogens is 596 g/mol. The number of nitrogens with one attached hydrogen (secondary N) is 3. The van der Waals surface area contributed by atoms with Gasteiger partial charge in [-0.05, 0) is 69.6 Å². The first-order chi connectivity index (χ1) is 22.5. The van der Waals surface area contributed by atoms with Crippen LogP contribution in [0.1, 0.15) is 96.2 Å². The lowest BCUT2D eigenvalue weighted by molar-refractivity contribution is -0.142. The number of nitrogens with zero attached hydrogens (tertiary/aromatic N) is 2. The van der Waals surface area contributed by atoms with E-state index in [-0.39, 0.29) is 19.4 Å². The minimum Gasteiger partial charge on any atom is -0.480 e. The van der Waals surface area contributed by atoms with Crippen LogP contribution in [0.25, 0.3) is 0 Å². The highest BCUT2D eigenvalue weighted by molar-refractivity contribution is 5.90. The van der Waals surface area contributed by atoms with Crippen LogP contribution in [0.15, 0.2) is 54.7 Å². The Labute approximate surface area is 280 Å². The molecule has 1 fully saturated rings. The Morgan fingerprint density at radius 3 is 2.36 bits per heavy atom. The molecule has 11 nitrogen and oxygen atoms in total. The minimum absolute atomic E-state index is 0.0247. The number of nitrogens with two attached hydrogens (primary N) is 1. The molecule has 0 aliphatic heterocycles. The van der Waals surface area contributed by atoms with E-state index in [0.29, 0.717) is 25.2 Å². The number of carboxylic acid groups (broad SMARTS) is 1. The van der Waals surface area contributed by atoms with Crippen molar-refractivity contribution in [3.8, 4) is 0 Å². The molecular formula is C36H56N6O5. The van der Waals surface area contributed by atoms with E-state index in [0.717, 1.165) is 49.8 Å². The van der Waals surface area contributed by atoms with Crippen LogP contribution < -0.4 is 21.9 Å². The van der Waals surface area contributed by atoms with E-state index in [2.05, 4.69) is 21.2 Å². The van der Waals surface area contributed by atoms with E-state index in [1.807, 2.05) is 55.5 Å². The summed E-state index contributed by atoms with van der Waals surface area (Å²) in [7, 11) is 0. The van der Waals surface area contributed by atoms with E-state index in [1.54, 1.807) is 20.0 Å². The van der Waals surface area contributed by atoms with Crippen LogP contribution >= 0.6 is 0 Å². The maximum absolute atomic E-state index is 14.0. The second kappa shape index (κ2) is 19.3. The van der Waals surface area contributed by atoms with Crippen molar-refractivity contribution in [1.82, 2.24) is 26.1 Å². The average molecular weight is 653 g/mol. The van der Waals surface area contributed by atoms with Crippen molar-refractivity contribution in [2.45, 2.75) is 128 Å². The molecule has 1 aromatic carbocycles. The van der Waals surface area contributed by atoms with Crippen LogP contribution in [-0.4, -0.2) is 74.3 Å². The Balaban J connectivity index is 1.81. The van der Waals surface area contributed by atoms with Gasteiger partial charge in [-0.1, -0.05) is 81.8 Å². The van der Waals surface area contributed by atoms with Gasteiger partial charge in [-0.3, -0.25) is 15.2 Å². The molecule has 260 valence electrons. The van der Waals surface area contributed by atoms with Gasteiger partial charge in [0.1, 0.15) is 12.1 Å². The van der Waals surface area contributed by atoms with Gasteiger partial charge in [-0.2, -0.15) is 0 Å². The molecule has 0 unspecified atom stereocenters. The summed E-state index contributed by atoms with van der Waals surface area (Å²) in [4.78, 5) is 45.5. The zero-order chi connectivity index (χ0) is 34.2. The summed E-state index contributed by atoms with van der Waals surface area (Å²) in [6.45, 7) is 5.42. The first kappa shape index (κ1) is 37.9. The number of urea groups is 1. The van der Waals surface area contributed by atoms with Crippen molar-refractivity contribution in [2.24, 2.45) is 11.7 Å². The zero-order valence-corrected chi connectivity index (χ0v) is 28.4. The topological polar surface area (TPSA) is 170 Å². The van der Waals surface area contributed by atoms with Crippen molar-refractivity contribution in [2.75, 3.05) is 6.54 Å². The van der Waals surface area contributed by atoms with Gasteiger partial charge >= 0.3 is 12.0 Å². The van der Waals surface area contributed by atoms with Crippen LogP contribution in [0.5, 0.6) is 0 Å². The van der Waals surface area contributed by atoms with Gasteiger partial charge < -0.3 is 26.2 Å². The van der Waals surface area contributed by atoms with Crippen LogP contribution in [0.3, 0.4) is 0 Å². The first-order valence-electron chi connectivity index (χ1n) is 17.2. The molecule has 0 radical (unpaired) electrons. The summed E-state index contributed by atoms with van der Waals surface area (Å²) in [5.41, 5.74) is 13.3. The first-order valence-corrected chi connectivity index (χ1v) is 17.2. The van der Waals surface area contributed by atoms with Gasteiger partial charge in [0, 0.05) is 30.4 Å². The molecule has 1 saturated carbocycles. The summed E-state index contributed by atoms with van der Waals surface area (Å²) in [5.74, 6) is -1.26. The lowest BCUT2D eigenvalue weighted by Gasteiger charge is -2.37. The largest absolute Gasteiger partial charge is 0.480 e. The second-order valence-electron chi connectivity index (χ2n) is 13.7. The Morgan fingerprint density at radius 1 is 1.04 bits per heavy atom. The Kier molecular flexibility index (Phi) is 15.6. The van der Waals surface area contributed by atoms with E-state index < -0.39 is 47.7 Å². The van der Waals surface area contributed by atoms with Gasteiger partial charge in [-0.15, -0.1) is 0 Å². The lowest BCUT2D eigenvalue weighted by atomic mass is 9.83. The van der Waals surface area contributed by atoms with Crippen molar-refractivity contribution < 1.29 is 24.6 Å². The third-order valence-electron chi connectivity index (χ3n) is 8.78. The zero-order valence-electron chi connectivity index (χ0n) is 28.4. The fourth-order valence-electron chi connectivity index (χ4n) is 6.32. The number of pyridine rings is 1. The number of aromatic nitrogens is 1. The third kappa shape index (κ3) is 13.6. The Hall–Kier alpha value is -3.54. The van der Waals surface area contributed by atoms with Crippen molar-refractivity contribution in [3.63, 3.8) is 0 Å². The number of aryl methyl sites for hydroxylation is 1. The Bertz CT molecular complexity index is 1220.